The lowest BCUT2D eigenvalue weighted by molar-refractivity contribution is -0.0220. The fraction of sp³-hybridized carbons (Fsp3) is 0.462. The molecule has 1 aliphatic rings. The number of carbonyl (C=O) groups is 1. The fourth-order valence-corrected chi connectivity index (χ4v) is 2.45. The van der Waals surface area contributed by atoms with Gasteiger partial charge in [-0.25, -0.2) is 9.18 Å². The molecule has 0 radical (unpaired) electrons. The number of hydrogen-bond donors (Lipinski definition) is 2. The zero-order valence-corrected chi connectivity index (χ0v) is 10.2. The van der Waals surface area contributed by atoms with E-state index in [1.807, 2.05) is 0 Å². The van der Waals surface area contributed by atoms with Gasteiger partial charge >= 0.3 is 6.09 Å². The lowest BCUT2D eigenvalue weighted by Gasteiger charge is -2.38. The van der Waals surface area contributed by atoms with Crippen molar-refractivity contribution in [2.45, 2.75) is 25.4 Å². The number of hydrogen-bond acceptors (Lipinski definition) is 2. The highest BCUT2D eigenvalue weighted by molar-refractivity contribution is 5.65. The highest BCUT2D eigenvalue weighted by atomic mass is 19.1. The summed E-state index contributed by atoms with van der Waals surface area (Å²) < 4.78 is 13.5. The number of amides is 1. The molecule has 18 heavy (non-hydrogen) atoms. The molecule has 0 spiro atoms. The number of carboxylic acid groups (broad SMARTS) is 1. The zero-order chi connectivity index (χ0) is 13.3. The minimum absolute atomic E-state index is 0.266. The predicted octanol–water partition coefficient (Wildman–Crippen LogP) is 2.10. The highest BCUT2D eigenvalue weighted by Gasteiger charge is 2.36. The van der Waals surface area contributed by atoms with Crippen molar-refractivity contribution in [3.63, 3.8) is 0 Å². The second-order valence-electron chi connectivity index (χ2n) is 4.71. The molecule has 1 aliphatic heterocycles. The summed E-state index contributed by atoms with van der Waals surface area (Å²) in [5, 5.41) is 19.4. The van der Waals surface area contributed by atoms with E-state index in [0.717, 1.165) is 0 Å². The maximum absolute atomic E-state index is 13.5. The topological polar surface area (TPSA) is 60.8 Å². The van der Waals surface area contributed by atoms with Crippen LogP contribution in [-0.4, -0.2) is 34.3 Å². The second kappa shape index (κ2) is 4.57. The summed E-state index contributed by atoms with van der Waals surface area (Å²) in [6.45, 7) is 2.16. The third kappa shape index (κ3) is 2.18. The summed E-state index contributed by atoms with van der Waals surface area (Å²) in [4.78, 5) is 12.1. The van der Waals surface area contributed by atoms with Gasteiger partial charge in [0.15, 0.2) is 0 Å². The molecule has 0 bridgehead atoms. The van der Waals surface area contributed by atoms with E-state index in [-0.39, 0.29) is 18.9 Å². The first-order valence-corrected chi connectivity index (χ1v) is 5.90. The van der Waals surface area contributed by atoms with Crippen molar-refractivity contribution in [2.75, 3.05) is 13.1 Å². The Morgan fingerprint density at radius 1 is 1.39 bits per heavy atom. The zero-order valence-electron chi connectivity index (χ0n) is 10.2. The van der Waals surface area contributed by atoms with Crippen LogP contribution in [0.4, 0.5) is 9.18 Å². The third-order valence-electron chi connectivity index (χ3n) is 3.63. The molecule has 0 aliphatic carbocycles. The van der Waals surface area contributed by atoms with Gasteiger partial charge in [-0.2, -0.15) is 0 Å². The first-order valence-electron chi connectivity index (χ1n) is 5.90. The fourth-order valence-electron chi connectivity index (χ4n) is 2.45. The van der Waals surface area contributed by atoms with E-state index in [2.05, 4.69) is 0 Å². The van der Waals surface area contributed by atoms with Gasteiger partial charge in [-0.15, -0.1) is 0 Å². The number of benzene rings is 1. The van der Waals surface area contributed by atoms with Crippen molar-refractivity contribution in [3.05, 3.63) is 35.1 Å². The van der Waals surface area contributed by atoms with E-state index in [1.165, 1.54) is 11.0 Å². The van der Waals surface area contributed by atoms with Gasteiger partial charge in [0.05, 0.1) is 5.60 Å². The SMILES string of the molecule is Cc1c(F)cccc1C1(O)CCN(C(=O)O)CC1. The van der Waals surface area contributed by atoms with Crippen LogP contribution in [0, 0.1) is 12.7 Å². The molecule has 1 fully saturated rings. The molecule has 0 atom stereocenters. The normalized spacial score (nSPS) is 18.7. The number of nitrogens with zero attached hydrogens (tertiary/aromatic N) is 1. The monoisotopic (exact) mass is 253 g/mol. The van der Waals surface area contributed by atoms with Crippen molar-refractivity contribution in [1.82, 2.24) is 4.90 Å². The average Bonchev–Trinajstić information content (AvgIpc) is 2.33. The van der Waals surface area contributed by atoms with Crippen molar-refractivity contribution in [1.29, 1.82) is 0 Å². The quantitative estimate of drug-likeness (QED) is 0.805. The highest BCUT2D eigenvalue weighted by Crippen LogP contribution is 2.35. The van der Waals surface area contributed by atoms with Crippen molar-refractivity contribution in [3.8, 4) is 0 Å². The Labute approximate surface area is 105 Å². The standard InChI is InChI=1S/C13H16FNO3/c1-9-10(3-2-4-11(9)14)13(18)5-7-15(8-6-13)12(16)17/h2-4,18H,5-8H2,1H3,(H,16,17). The van der Waals surface area contributed by atoms with Crippen LogP contribution in [0.3, 0.4) is 0 Å². The molecule has 2 rings (SSSR count). The molecule has 0 aromatic heterocycles. The van der Waals surface area contributed by atoms with E-state index in [1.54, 1.807) is 19.1 Å². The molecule has 4 nitrogen and oxygen atoms in total. The molecule has 1 heterocycles. The third-order valence-corrected chi connectivity index (χ3v) is 3.63. The van der Waals surface area contributed by atoms with Crippen LogP contribution in [0.25, 0.3) is 0 Å². The Bertz CT molecular complexity index is 467. The van der Waals surface area contributed by atoms with Gasteiger partial charge < -0.3 is 15.1 Å². The van der Waals surface area contributed by atoms with Gasteiger partial charge in [0, 0.05) is 13.1 Å². The largest absolute Gasteiger partial charge is 0.465 e. The summed E-state index contributed by atoms with van der Waals surface area (Å²) in [7, 11) is 0. The molecule has 1 aromatic carbocycles. The van der Waals surface area contributed by atoms with Crippen LogP contribution in [0.1, 0.15) is 24.0 Å². The first kappa shape index (κ1) is 12.8. The molecule has 0 unspecified atom stereocenters. The molecular weight excluding hydrogens is 237 g/mol. The van der Waals surface area contributed by atoms with Crippen LogP contribution in [0.2, 0.25) is 0 Å². The molecule has 5 heteroatoms. The Morgan fingerprint density at radius 2 is 2.00 bits per heavy atom. The van der Waals surface area contributed by atoms with E-state index >= 15 is 0 Å². The summed E-state index contributed by atoms with van der Waals surface area (Å²) in [6.07, 6.45) is -0.388. The van der Waals surface area contributed by atoms with Crippen LogP contribution >= 0.6 is 0 Å². The number of likely N-dealkylation sites (tertiary alicyclic amines) is 1. The maximum atomic E-state index is 13.5. The minimum Gasteiger partial charge on any atom is -0.465 e. The van der Waals surface area contributed by atoms with Gasteiger partial charge in [-0.05, 0) is 37.0 Å². The Morgan fingerprint density at radius 3 is 2.56 bits per heavy atom. The summed E-state index contributed by atoms with van der Waals surface area (Å²) in [5.41, 5.74) is -0.130. The van der Waals surface area contributed by atoms with Crippen LogP contribution in [0.5, 0.6) is 0 Å². The first-order chi connectivity index (χ1) is 8.44. The predicted molar refractivity (Wildman–Crippen MR) is 63.9 cm³/mol. The van der Waals surface area contributed by atoms with E-state index < -0.39 is 11.7 Å². The van der Waals surface area contributed by atoms with Gasteiger partial charge in [0.1, 0.15) is 5.82 Å². The van der Waals surface area contributed by atoms with E-state index in [0.29, 0.717) is 24.0 Å². The van der Waals surface area contributed by atoms with E-state index in [9.17, 15) is 14.3 Å². The molecule has 98 valence electrons. The number of halogens is 1. The minimum atomic E-state index is -1.13. The number of rotatable bonds is 1. The van der Waals surface area contributed by atoms with Crippen LogP contribution in [0.15, 0.2) is 18.2 Å². The average molecular weight is 253 g/mol. The smallest absolute Gasteiger partial charge is 0.407 e. The number of aliphatic hydroxyl groups is 1. The molecular formula is C13H16FNO3. The molecule has 1 saturated heterocycles. The van der Waals surface area contributed by atoms with Gasteiger partial charge in [0.25, 0.3) is 0 Å². The Hall–Kier alpha value is -1.62. The van der Waals surface area contributed by atoms with Gasteiger partial charge in [0.2, 0.25) is 0 Å². The van der Waals surface area contributed by atoms with Crippen LogP contribution < -0.4 is 0 Å². The van der Waals surface area contributed by atoms with Crippen molar-refractivity contribution >= 4 is 6.09 Å². The summed E-state index contributed by atoms with van der Waals surface area (Å²) >= 11 is 0. The lowest BCUT2D eigenvalue weighted by Crippen LogP contribution is -2.45. The van der Waals surface area contributed by atoms with Crippen molar-refractivity contribution < 1.29 is 19.4 Å². The maximum Gasteiger partial charge on any atom is 0.407 e. The van der Waals surface area contributed by atoms with E-state index in [4.69, 9.17) is 5.11 Å². The Balaban J connectivity index is 2.23. The van der Waals surface area contributed by atoms with Gasteiger partial charge in [-0.3, -0.25) is 0 Å². The lowest BCUT2D eigenvalue weighted by atomic mass is 9.82. The Kier molecular flexibility index (Phi) is 3.26. The molecule has 1 aromatic rings. The second-order valence-corrected chi connectivity index (χ2v) is 4.71. The summed E-state index contributed by atoms with van der Waals surface area (Å²) in [6, 6.07) is 4.63. The molecule has 1 amide bonds. The van der Waals surface area contributed by atoms with Crippen LogP contribution in [-0.2, 0) is 5.60 Å². The molecule has 2 N–H and O–H groups in total. The number of piperidine rings is 1. The van der Waals surface area contributed by atoms with Crippen molar-refractivity contribution in [2.24, 2.45) is 0 Å². The summed E-state index contributed by atoms with van der Waals surface area (Å²) in [5.74, 6) is -0.346. The van der Waals surface area contributed by atoms with Gasteiger partial charge in [-0.1, -0.05) is 12.1 Å². The molecule has 0 saturated carbocycles.